The average Bonchev–Trinajstić information content (AvgIpc) is 2.52. The van der Waals surface area contributed by atoms with Gasteiger partial charge in [-0.3, -0.25) is 0 Å². The zero-order chi connectivity index (χ0) is 13.8. The third-order valence-corrected chi connectivity index (χ3v) is 8.28. The van der Waals surface area contributed by atoms with Crippen molar-refractivity contribution in [3.05, 3.63) is 33.4 Å². The third kappa shape index (κ3) is 1.85. The molecule has 0 spiro atoms. The van der Waals surface area contributed by atoms with Crippen LogP contribution in [0.25, 0.3) is 0 Å². The van der Waals surface area contributed by atoms with E-state index < -0.39 is 41.5 Å². The standard InChI is InChI=1S/C9H4BrF6IO/c10-17-6-4-2-1-3-5(6)7(18-17,8(11,12)13)9(14,15)16/h1-4H. The van der Waals surface area contributed by atoms with Crippen molar-refractivity contribution in [3.63, 3.8) is 0 Å². The van der Waals surface area contributed by atoms with Crippen LogP contribution in [-0.4, -0.2) is 12.4 Å². The number of halogens is 8. The van der Waals surface area contributed by atoms with E-state index in [4.69, 9.17) is 0 Å². The normalized spacial score (nSPS) is 20.9. The Labute approximate surface area is 111 Å². The summed E-state index contributed by atoms with van der Waals surface area (Å²) in [6, 6.07) is 4.57. The SMILES string of the molecule is FC(F)(F)C1(C(F)(F)F)OI(Br)c2ccccc21. The second-order valence-electron chi connectivity index (χ2n) is 3.44. The van der Waals surface area contributed by atoms with Crippen molar-refractivity contribution < 1.29 is 29.4 Å². The van der Waals surface area contributed by atoms with E-state index in [1.54, 1.807) is 0 Å². The van der Waals surface area contributed by atoms with E-state index in [0.29, 0.717) is 0 Å². The molecule has 1 heterocycles. The van der Waals surface area contributed by atoms with E-state index in [0.717, 1.165) is 12.1 Å². The van der Waals surface area contributed by atoms with Crippen LogP contribution in [0.5, 0.6) is 0 Å². The van der Waals surface area contributed by atoms with Crippen LogP contribution in [0.1, 0.15) is 5.56 Å². The molecular weight excluding hydrogens is 445 g/mol. The van der Waals surface area contributed by atoms with Crippen LogP contribution in [0, 0.1) is 3.57 Å². The molecule has 1 aliphatic rings. The zero-order valence-electron chi connectivity index (χ0n) is 8.24. The molecule has 0 saturated heterocycles. The van der Waals surface area contributed by atoms with E-state index in [9.17, 15) is 26.3 Å². The minimum atomic E-state index is -5.55. The van der Waals surface area contributed by atoms with Crippen molar-refractivity contribution in [1.29, 1.82) is 0 Å². The van der Waals surface area contributed by atoms with Gasteiger partial charge in [0.05, 0.1) is 0 Å². The molecule has 0 N–H and O–H groups in total. The predicted molar refractivity (Wildman–Crippen MR) is 63.0 cm³/mol. The molecule has 0 unspecified atom stereocenters. The number of hydrogen-bond donors (Lipinski definition) is 0. The first kappa shape index (κ1) is 14.4. The molecule has 0 saturated carbocycles. The molecule has 0 aliphatic carbocycles. The number of fused-ring (bicyclic) bond motifs is 1. The summed E-state index contributed by atoms with van der Waals surface area (Å²) in [5.41, 5.74) is -5.06. The van der Waals surface area contributed by atoms with E-state index in [2.05, 4.69) is 15.8 Å². The minimum absolute atomic E-state index is 0.0173. The maximum atomic E-state index is 12.9. The van der Waals surface area contributed by atoms with E-state index >= 15 is 0 Å². The van der Waals surface area contributed by atoms with Crippen LogP contribution in [0.15, 0.2) is 24.3 Å². The molecule has 0 fully saturated rings. The monoisotopic (exact) mass is 448 g/mol. The van der Waals surface area contributed by atoms with Crippen LogP contribution in [0.4, 0.5) is 26.3 Å². The predicted octanol–water partition coefficient (Wildman–Crippen LogP) is 4.94. The van der Waals surface area contributed by atoms with Crippen LogP contribution in [0.2, 0.25) is 0 Å². The van der Waals surface area contributed by atoms with Gasteiger partial charge in [-0.05, 0) is 0 Å². The molecular formula is C9H4BrF6IO. The molecule has 18 heavy (non-hydrogen) atoms. The van der Waals surface area contributed by atoms with Gasteiger partial charge in [0.2, 0.25) is 0 Å². The van der Waals surface area contributed by atoms with Gasteiger partial charge in [0.25, 0.3) is 0 Å². The van der Waals surface area contributed by atoms with Crippen molar-refractivity contribution in [3.8, 4) is 0 Å². The molecule has 102 valence electrons. The zero-order valence-corrected chi connectivity index (χ0v) is 12.0. The first-order chi connectivity index (χ1) is 8.11. The van der Waals surface area contributed by atoms with Gasteiger partial charge < -0.3 is 0 Å². The summed E-state index contributed by atoms with van der Waals surface area (Å²) in [6.07, 6.45) is -11.1. The Morgan fingerprint density at radius 3 is 2.00 bits per heavy atom. The molecule has 1 nitrogen and oxygen atoms in total. The second kappa shape index (κ2) is 4.23. The summed E-state index contributed by atoms with van der Waals surface area (Å²) in [5, 5.41) is 0. The molecule has 0 radical (unpaired) electrons. The van der Waals surface area contributed by atoms with Crippen molar-refractivity contribution >= 4 is 30.7 Å². The molecule has 0 amide bonds. The number of rotatable bonds is 0. The Morgan fingerprint density at radius 2 is 1.50 bits per heavy atom. The Balaban J connectivity index is 2.74. The van der Waals surface area contributed by atoms with Crippen molar-refractivity contribution in [2.45, 2.75) is 18.0 Å². The topological polar surface area (TPSA) is 9.23 Å². The summed E-state index contributed by atoms with van der Waals surface area (Å²) >= 11 is -0.253. The first-order valence-electron chi connectivity index (χ1n) is 4.40. The molecule has 1 aromatic carbocycles. The average molecular weight is 449 g/mol. The van der Waals surface area contributed by atoms with Gasteiger partial charge in [0.15, 0.2) is 0 Å². The molecule has 0 aromatic heterocycles. The van der Waals surface area contributed by atoms with E-state index in [-0.39, 0.29) is 3.57 Å². The number of hydrogen-bond acceptors (Lipinski definition) is 1. The van der Waals surface area contributed by atoms with Gasteiger partial charge in [-0.2, -0.15) is 0 Å². The molecule has 1 aliphatic heterocycles. The second-order valence-corrected chi connectivity index (χ2v) is 9.88. The summed E-state index contributed by atoms with van der Waals surface area (Å²) in [7, 11) is 0. The summed E-state index contributed by atoms with van der Waals surface area (Å²) < 4.78 is 81.9. The van der Waals surface area contributed by atoms with E-state index in [1.807, 2.05) is 0 Å². The quantitative estimate of drug-likeness (QED) is 0.403. The number of alkyl halides is 6. The van der Waals surface area contributed by atoms with Gasteiger partial charge in [-0.25, -0.2) is 0 Å². The van der Waals surface area contributed by atoms with Crippen LogP contribution in [0.3, 0.4) is 0 Å². The maximum absolute atomic E-state index is 12.9. The van der Waals surface area contributed by atoms with Crippen molar-refractivity contribution in [2.24, 2.45) is 0 Å². The fraction of sp³-hybridized carbons (Fsp3) is 0.333. The van der Waals surface area contributed by atoms with Gasteiger partial charge in [0, 0.05) is 0 Å². The molecule has 1 aromatic rings. The van der Waals surface area contributed by atoms with Crippen molar-refractivity contribution in [1.82, 2.24) is 0 Å². The fourth-order valence-electron chi connectivity index (χ4n) is 1.61. The summed E-state index contributed by atoms with van der Waals surface area (Å²) in [4.78, 5) is 0. The Morgan fingerprint density at radius 1 is 1.00 bits per heavy atom. The van der Waals surface area contributed by atoms with Crippen LogP contribution in [-0.2, 0) is 8.67 Å². The summed E-state index contributed by atoms with van der Waals surface area (Å²) in [5.74, 6) is 0. The van der Waals surface area contributed by atoms with Gasteiger partial charge in [0.1, 0.15) is 0 Å². The molecule has 2 rings (SSSR count). The fourth-order valence-corrected chi connectivity index (χ4v) is 7.66. The number of benzene rings is 1. The Hall–Kier alpha value is -0.0300. The van der Waals surface area contributed by atoms with E-state index in [1.165, 1.54) is 12.1 Å². The third-order valence-electron chi connectivity index (χ3n) is 2.40. The molecule has 0 bridgehead atoms. The first-order valence-corrected chi connectivity index (χ1v) is 11.2. The molecule has 0 atom stereocenters. The Kier molecular flexibility index (Phi) is 3.38. The van der Waals surface area contributed by atoms with Crippen molar-refractivity contribution in [2.75, 3.05) is 0 Å². The van der Waals surface area contributed by atoms with Crippen LogP contribution >= 0.6 is 30.7 Å². The van der Waals surface area contributed by atoms with Crippen LogP contribution < -0.4 is 0 Å². The van der Waals surface area contributed by atoms with Gasteiger partial charge in [-0.15, -0.1) is 0 Å². The van der Waals surface area contributed by atoms with Gasteiger partial charge in [-0.1, -0.05) is 0 Å². The molecule has 9 heteroatoms. The van der Waals surface area contributed by atoms with Gasteiger partial charge >= 0.3 is 111 Å². The Bertz CT molecular complexity index is 457. The summed E-state index contributed by atoms with van der Waals surface area (Å²) in [6.45, 7) is 0.